The molecule has 3 N–H and O–H groups in total. The van der Waals surface area contributed by atoms with Gasteiger partial charge in [0, 0.05) is 19.0 Å². The molecule has 0 saturated heterocycles. The number of aliphatic carboxylic acids is 1. The maximum absolute atomic E-state index is 13.7. The second-order valence-corrected chi connectivity index (χ2v) is 6.76. The van der Waals surface area contributed by atoms with Gasteiger partial charge in [-0.1, -0.05) is 17.9 Å². The average molecular weight is 440 g/mol. The van der Waals surface area contributed by atoms with E-state index in [4.69, 9.17) is 5.11 Å². The number of carbonyl (C=O) groups is 2. The Morgan fingerprint density at radius 1 is 1.22 bits per heavy atom. The first-order valence-electron chi connectivity index (χ1n) is 9.48. The van der Waals surface area contributed by atoms with Crippen LogP contribution in [0.5, 0.6) is 5.75 Å². The van der Waals surface area contributed by atoms with Crippen LogP contribution in [0.3, 0.4) is 0 Å². The van der Waals surface area contributed by atoms with Gasteiger partial charge in [-0.15, -0.1) is 0 Å². The van der Waals surface area contributed by atoms with Crippen LogP contribution in [0.15, 0.2) is 46.6 Å². The molecular weight excluding hydrogens is 422 g/mol. The van der Waals surface area contributed by atoms with Crippen molar-refractivity contribution in [3.63, 3.8) is 0 Å². The fraction of sp³-hybridized carbons (Fsp3) is 0.182. The third-order valence-electron chi connectivity index (χ3n) is 4.40. The Balaban J connectivity index is 1.75. The number of carboxylic acids is 1. The average Bonchev–Trinajstić information content (AvgIpc) is 3.00. The second-order valence-electron chi connectivity index (χ2n) is 6.76. The van der Waals surface area contributed by atoms with Crippen molar-refractivity contribution in [1.29, 1.82) is 0 Å². The normalized spacial score (nSPS) is 14.2. The molecule has 1 aliphatic heterocycles. The largest absolute Gasteiger partial charge is 0.504 e. The van der Waals surface area contributed by atoms with Crippen LogP contribution in [-0.4, -0.2) is 45.1 Å². The molecule has 0 saturated carbocycles. The lowest BCUT2D eigenvalue weighted by atomic mass is 10.1. The van der Waals surface area contributed by atoms with E-state index in [-0.39, 0.29) is 47.7 Å². The minimum absolute atomic E-state index is 0.0181. The molecule has 0 aromatic heterocycles. The van der Waals surface area contributed by atoms with Crippen LogP contribution in [0.4, 0.5) is 14.5 Å². The summed E-state index contributed by atoms with van der Waals surface area (Å²) in [6.45, 7) is 1.71. The number of amides is 1. The fourth-order valence-electron chi connectivity index (χ4n) is 2.79. The molecule has 32 heavy (non-hydrogen) atoms. The third-order valence-corrected chi connectivity index (χ3v) is 4.40. The number of phenols is 1. The number of rotatable bonds is 6. The van der Waals surface area contributed by atoms with Gasteiger partial charge < -0.3 is 10.2 Å². The number of aromatic hydroxyl groups is 1. The lowest BCUT2D eigenvalue weighted by Crippen LogP contribution is -2.29. The van der Waals surface area contributed by atoms with E-state index >= 15 is 0 Å². The Morgan fingerprint density at radius 2 is 1.97 bits per heavy atom. The molecule has 2 aromatic rings. The van der Waals surface area contributed by atoms with Gasteiger partial charge in [-0.25, -0.2) is 13.8 Å². The smallest absolute Gasteiger partial charge is 0.303 e. The predicted octanol–water partition coefficient (Wildman–Crippen LogP) is 2.92. The zero-order valence-electron chi connectivity index (χ0n) is 16.9. The lowest BCUT2D eigenvalue weighted by molar-refractivity contribution is -0.137. The number of carboxylic acid groups (broad SMARTS) is 1. The SMILES string of the molecule is CC1=NN(CCCC(=O)O)C(=O)/C1=N\Nc1cccc(C#Cc2ccc(F)cc2F)c1O. The number of halogens is 2. The summed E-state index contributed by atoms with van der Waals surface area (Å²) in [6, 6.07) is 7.56. The number of hydrogen-bond donors (Lipinski definition) is 3. The molecule has 0 atom stereocenters. The molecule has 164 valence electrons. The van der Waals surface area contributed by atoms with E-state index in [1.165, 1.54) is 18.2 Å². The van der Waals surface area contributed by atoms with E-state index in [0.717, 1.165) is 11.1 Å². The number of phenolic OH excluding ortho intramolecular Hbond substituents is 1. The van der Waals surface area contributed by atoms with Crippen LogP contribution in [0.2, 0.25) is 0 Å². The van der Waals surface area contributed by atoms with Gasteiger partial charge in [-0.05, 0) is 37.6 Å². The highest BCUT2D eigenvalue weighted by molar-refractivity contribution is 6.68. The van der Waals surface area contributed by atoms with E-state index < -0.39 is 23.5 Å². The van der Waals surface area contributed by atoms with Gasteiger partial charge in [0.1, 0.15) is 11.6 Å². The van der Waals surface area contributed by atoms with Gasteiger partial charge in [0.05, 0.1) is 22.5 Å². The molecular formula is C22H18F2N4O4. The summed E-state index contributed by atoms with van der Waals surface area (Å²) in [4.78, 5) is 23.0. The molecule has 2 aromatic carbocycles. The van der Waals surface area contributed by atoms with Crippen molar-refractivity contribution >= 4 is 29.0 Å². The zero-order valence-corrected chi connectivity index (χ0v) is 16.9. The van der Waals surface area contributed by atoms with Crippen molar-refractivity contribution in [2.45, 2.75) is 19.8 Å². The van der Waals surface area contributed by atoms with Gasteiger partial charge in [0.2, 0.25) is 0 Å². The number of nitrogens with zero attached hydrogens (tertiary/aromatic N) is 3. The fourth-order valence-corrected chi connectivity index (χ4v) is 2.79. The molecule has 0 aliphatic carbocycles. The van der Waals surface area contributed by atoms with Crippen molar-refractivity contribution in [1.82, 2.24) is 5.01 Å². The van der Waals surface area contributed by atoms with E-state index in [2.05, 4.69) is 27.5 Å². The molecule has 0 radical (unpaired) electrons. The van der Waals surface area contributed by atoms with Crippen LogP contribution in [-0.2, 0) is 9.59 Å². The van der Waals surface area contributed by atoms with Crippen molar-refractivity contribution in [3.05, 3.63) is 59.2 Å². The maximum Gasteiger partial charge on any atom is 0.303 e. The van der Waals surface area contributed by atoms with E-state index in [9.17, 15) is 23.5 Å². The predicted molar refractivity (Wildman–Crippen MR) is 113 cm³/mol. The number of nitrogens with one attached hydrogen (secondary N) is 1. The van der Waals surface area contributed by atoms with E-state index in [0.29, 0.717) is 11.8 Å². The quantitative estimate of drug-likeness (QED) is 0.363. The molecule has 3 rings (SSSR count). The Morgan fingerprint density at radius 3 is 2.69 bits per heavy atom. The summed E-state index contributed by atoms with van der Waals surface area (Å²) in [5, 5.41) is 28.4. The Hall–Kier alpha value is -4.26. The second kappa shape index (κ2) is 9.70. The molecule has 0 fully saturated rings. The van der Waals surface area contributed by atoms with Gasteiger partial charge in [0.15, 0.2) is 11.5 Å². The molecule has 8 nitrogen and oxygen atoms in total. The minimum atomic E-state index is -0.964. The van der Waals surface area contributed by atoms with Crippen LogP contribution < -0.4 is 5.43 Å². The van der Waals surface area contributed by atoms with Crippen LogP contribution in [0, 0.1) is 23.5 Å². The van der Waals surface area contributed by atoms with Gasteiger partial charge in [0.25, 0.3) is 5.91 Å². The van der Waals surface area contributed by atoms with Crippen molar-refractivity contribution < 1.29 is 28.6 Å². The minimum Gasteiger partial charge on any atom is -0.504 e. The van der Waals surface area contributed by atoms with Crippen molar-refractivity contribution in [3.8, 4) is 17.6 Å². The first-order chi connectivity index (χ1) is 15.3. The summed E-state index contributed by atoms with van der Waals surface area (Å²) >= 11 is 0. The lowest BCUT2D eigenvalue weighted by Gasteiger charge is -2.10. The highest BCUT2D eigenvalue weighted by atomic mass is 19.1. The summed E-state index contributed by atoms with van der Waals surface area (Å²) in [6.07, 6.45) is 0.154. The number of hydrazone groups is 2. The molecule has 0 unspecified atom stereocenters. The molecule has 10 heteroatoms. The van der Waals surface area contributed by atoms with Crippen molar-refractivity contribution in [2.24, 2.45) is 10.2 Å². The molecule has 0 spiro atoms. The number of carbonyl (C=O) groups excluding carboxylic acids is 1. The Bertz CT molecular complexity index is 1200. The summed E-state index contributed by atoms with van der Waals surface area (Å²) in [7, 11) is 0. The van der Waals surface area contributed by atoms with Crippen LogP contribution in [0.25, 0.3) is 0 Å². The van der Waals surface area contributed by atoms with Crippen LogP contribution >= 0.6 is 0 Å². The first kappa shape index (κ1) is 22.4. The van der Waals surface area contributed by atoms with Crippen molar-refractivity contribution in [2.75, 3.05) is 12.0 Å². The highest BCUT2D eigenvalue weighted by Gasteiger charge is 2.29. The summed E-state index contributed by atoms with van der Waals surface area (Å²) in [5.41, 5.74) is 3.22. The zero-order chi connectivity index (χ0) is 23.3. The van der Waals surface area contributed by atoms with Gasteiger partial charge in [-0.2, -0.15) is 10.2 Å². The molecule has 1 heterocycles. The first-order valence-corrected chi connectivity index (χ1v) is 9.48. The Labute approximate surface area is 181 Å². The van der Waals surface area contributed by atoms with E-state index in [1.807, 2.05) is 0 Å². The number of para-hydroxylation sites is 1. The summed E-state index contributed by atoms with van der Waals surface area (Å²) in [5.74, 6) is 1.87. The topological polar surface area (TPSA) is 115 Å². The third kappa shape index (κ3) is 5.26. The maximum atomic E-state index is 13.7. The molecule has 1 amide bonds. The van der Waals surface area contributed by atoms with Gasteiger partial charge >= 0.3 is 5.97 Å². The van der Waals surface area contributed by atoms with Gasteiger partial charge in [-0.3, -0.25) is 15.0 Å². The number of hydrogen-bond acceptors (Lipinski definition) is 6. The monoisotopic (exact) mass is 440 g/mol. The Kier molecular flexibility index (Phi) is 6.80. The number of anilines is 1. The van der Waals surface area contributed by atoms with Crippen LogP contribution in [0.1, 0.15) is 30.9 Å². The molecule has 0 bridgehead atoms. The summed E-state index contributed by atoms with van der Waals surface area (Å²) < 4.78 is 26.7. The standard InChI is InChI=1S/C22H18F2N4O4/c1-13-20(22(32)28(27-13)11-3-6-19(29)30)26-25-18-5-2-4-15(21(18)31)8-7-14-9-10-16(23)12-17(14)24/h2,4-5,9-10,12,25,31H,3,6,11H2,1H3,(H,29,30)/b26-20-. The number of benzene rings is 2. The molecule has 1 aliphatic rings. The highest BCUT2D eigenvalue weighted by Crippen LogP contribution is 2.27. The van der Waals surface area contributed by atoms with E-state index in [1.54, 1.807) is 13.0 Å².